The predicted molar refractivity (Wildman–Crippen MR) is 48.7 cm³/mol. The smallest absolute Gasteiger partial charge is 0.129 e. The Labute approximate surface area is 76.8 Å². The lowest BCUT2D eigenvalue weighted by Gasteiger charge is -2.05. The number of likely N-dealkylation sites (N-methyl/N-ethyl adjacent to an activating group) is 1. The van der Waals surface area contributed by atoms with Crippen molar-refractivity contribution in [2.24, 2.45) is 0 Å². The van der Waals surface area contributed by atoms with E-state index < -0.39 is 11.6 Å². The van der Waals surface area contributed by atoms with E-state index in [0.29, 0.717) is 18.5 Å². The summed E-state index contributed by atoms with van der Waals surface area (Å²) in [5.41, 5.74) is 0.781. The zero-order chi connectivity index (χ0) is 9.84. The van der Waals surface area contributed by atoms with Crippen LogP contribution < -0.4 is 5.32 Å². The van der Waals surface area contributed by atoms with Gasteiger partial charge in [0.05, 0.1) is 0 Å². The van der Waals surface area contributed by atoms with E-state index in [1.165, 1.54) is 12.1 Å². The zero-order valence-corrected chi connectivity index (χ0v) is 7.82. The lowest BCUT2D eigenvalue weighted by Crippen LogP contribution is -2.12. The maximum Gasteiger partial charge on any atom is 0.129 e. The maximum atomic E-state index is 13.2. The number of nitrogens with one attached hydrogen (secondary N) is 1. The van der Waals surface area contributed by atoms with Crippen LogP contribution in [0.1, 0.15) is 11.1 Å². The Morgan fingerprint density at radius 1 is 1.23 bits per heavy atom. The molecule has 13 heavy (non-hydrogen) atoms. The van der Waals surface area contributed by atoms with Crippen LogP contribution in [0.5, 0.6) is 0 Å². The number of hydrogen-bond acceptors (Lipinski definition) is 1. The van der Waals surface area contributed by atoms with Crippen LogP contribution in [0.4, 0.5) is 8.78 Å². The first kappa shape index (κ1) is 10.1. The minimum absolute atomic E-state index is 0.167. The van der Waals surface area contributed by atoms with Crippen molar-refractivity contribution in [2.45, 2.75) is 13.3 Å². The van der Waals surface area contributed by atoms with Crippen LogP contribution in [0.2, 0.25) is 0 Å². The highest BCUT2D eigenvalue weighted by molar-refractivity contribution is 5.25. The van der Waals surface area contributed by atoms with Crippen molar-refractivity contribution in [3.05, 3.63) is 34.9 Å². The summed E-state index contributed by atoms with van der Waals surface area (Å²) in [5.74, 6) is -0.902. The number of hydrogen-bond donors (Lipinski definition) is 1. The molecule has 1 aromatic rings. The molecule has 0 aromatic heterocycles. The monoisotopic (exact) mass is 185 g/mol. The van der Waals surface area contributed by atoms with Gasteiger partial charge in [-0.2, -0.15) is 0 Å². The quantitative estimate of drug-likeness (QED) is 0.759. The van der Waals surface area contributed by atoms with Gasteiger partial charge >= 0.3 is 0 Å². The molecule has 0 fully saturated rings. The number of aryl methyl sites for hydroxylation is 1. The summed E-state index contributed by atoms with van der Waals surface area (Å²) in [7, 11) is 1.75. The molecule has 0 aliphatic heterocycles. The minimum atomic E-state index is -0.451. The van der Waals surface area contributed by atoms with Crippen LogP contribution in [0.3, 0.4) is 0 Å². The van der Waals surface area contributed by atoms with Crippen molar-refractivity contribution in [1.29, 1.82) is 0 Å². The van der Waals surface area contributed by atoms with Gasteiger partial charge in [-0.25, -0.2) is 8.78 Å². The molecule has 0 saturated heterocycles. The van der Waals surface area contributed by atoms with Crippen molar-refractivity contribution in [3.63, 3.8) is 0 Å². The summed E-state index contributed by atoms with van der Waals surface area (Å²) in [5, 5.41) is 2.85. The molecule has 0 unspecified atom stereocenters. The molecular weight excluding hydrogens is 172 g/mol. The highest BCUT2D eigenvalue weighted by Gasteiger charge is 2.08. The molecule has 0 saturated carbocycles. The largest absolute Gasteiger partial charge is 0.319 e. The van der Waals surface area contributed by atoms with E-state index in [0.717, 1.165) is 0 Å². The normalized spacial score (nSPS) is 10.5. The average Bonchev–Trinajstić information content (AvgIpc) is 2.02. The van der Waals surface area contributed by atoms with Gasteiger partial charge < -0.3 is 5.32 Å². The summed E-state index contributed by atoms with van der Waals surface area (Å²) in [6.07, 6.45) is 0.383. The Morgan fingerprint density at radius 2 is 1.77 bits per heavy atom. The minimum Gasteiger partial charge on any atom is -0.319 e. The molecule has 0 bridgehead atoms. The van der Waals surface area contributed by atoms with Gasteiger partial charge in [-0.3, -0.25) is 0 Å². The second-order valence-electron chi connectivity index (χ2n) is 3.06. The van der Waals surface area contributed by atoms with Gasteiger partial charge in [0, 0.05) is 5.56 Å². The third-order valence-corrected chi connectivity index (χ3v) is 1.91. The Kier molecular flexibility index (Phi) is 3.37. The van der Waals surface area contributed by atoms with Gasteiger partial charge in [0.25, 0.3) is 0 Å². The highest BCUT2D eigenvalue weighted by Crippen LogP contribution is 2.15. The van der Waals surface area contributed by atoms with Crippen LogP contribution in [0.15, 0.2) is 12.1 Å². The molecule has 0 aliphatic carbocycles. The molecule has 0 atom stereocenters. The van der Waals surface area contributed by atoms with E-state index in [1.807, 2.05) is 0 Å². The molecule has 72 valence electrons. The van der Waals surface area contributed by atoms with Gasteiger partial charge in [-0.1, -0.05) is 0 Å². The molecule has 0 radical (unpaired) electrons. The fraction of sp³-hybridized carbons (Fsp3) is 0.400. The highest BCUT2D eigenvalue weighted by atomic mass is 19.1. The number of benzene rings is 1. The van der Waals surface area contributed by atoms with Gasteiger partial charge in [0.2, 0.25) is 0 Å². The van der Waals surface area contributed by atoms with Gasteiger partial charge in [0.15, 0.2) is 0 Å². The maximum absolute atomic E-state index is 13.2. The summed E-state index contributed by atoms with van der Waals surface area (Å²) in [6.45, 7) is 2.25. The molecule has 0 spiro atoms. The van der Waals surface area contributed by atoms with E-state index in [-0.39, 0.29) is 5.56 Å². The molecule has 0 aliphatic rings. The van der Waals surface area contributed by atoms with Gasteiger partial charge in [-0.15, -0.1) is 0 Å². The second-order valence-corrected chi connectivity index (χ2v) is 3.06. The Morgan fingerprint density at radius 3 is 2.23 bits per heavy atom. The Balaban J connectivity index is 2.92. The van der Waals surface area contributed by atoms with E-state index in [4.69, 9.17) is 0 Å². The first-order valence-corrected chi connectivity index (χ1v) is 4.24. The van der Waals surface area contributed by atoms with Gasteiger partial charge in [-0.05, 0) is 44.6 Å². The van der Waals surface area contributed by atoms with E-state index in [1.54, 1.807) is 14.0 Å². The fourth-order valence-electron chi connectivity index (χ4n) is 1.22. The Bertz CT molecular complexity index is 274. The summed E-state index contributed by atoms with van der Waals surface area (Å²) < 4.78 is 26.3. The second kappa shape index (κ2) is 4.33. The zero-order valence-electron chi connectivity index (χ0n) is 7.82. The number of halogens is 2. The van der Waals surface area contributed by atoms with Crippen LogP contribution in [0.25, 0.3) is 0 Å². The molecule has 1 nitrogen and oxygen atoms in total. The Hall–Kier alpha value is -0.960. The third kappa shape index (κ3) is 2.49. The van der Waals surface area contributed by atoms with Crippen molar-refractivity contribution >= 4 is 0 Å². The predicted octanol–water partition coefficient (Wildman–Crippen LogP) is 2.04. The van der Waals surface area contributed by atoms with Crippen LogP contribution in [-0.4, -0.2) is 13.6 Å². The standard InChI is InChI=1S/C10H13F2N/c1-7-5-9(11)8(3-4-13-2)10(12)6-7/h5-6,13H,3-4H2,1-2H3. The number of rotatable bonds is 3. The molecule has 1 N–H and O–H groups in total. The molecule has 1 aromatic carbocycles. The summed E-state index contributed by atoms with van der Waals surface area (Å²) >= 11 is 0. The third-order valence-electron chi connectivity index (χ3n) is 1.91. The average molecular weight is 185 g/mol. The lowest BCUT2D eigenvalue weighted by atomic mass is 10.1. The summed E-state index contributed by atoms with van der Waals surface area (Å²) in [4.78, 5) is 0. The molecular formula is C10H13F2N. The van der Waals surface area contributed by atoms with E-state index in [2.05, 4.69) is 5.32 Å². The van der Waals surface area contributed by atoms with Crippen molar-refractivity contribution in [3.8, 4) is 0 Å². The van der Waals surface area contributed by atoms with E-state index >= 15 is 0 Å². The van der Waals surface area contributed by atoms with Crippen LogP contribution in [-0.2, 0) is 6.42 Å². The molecule has 1 rings (SSSR count). The topological polar surface area (TPSA) is 12.0 Å². The van der Waals surface area contributed by atoms with Crippen molar-refractivity contribution < 1.29 is 8.78 Å². The van der Waals surface area contributed by atoms with Crippen LogP contribution >= 0.6 is 0 Å². The molecule has 0 heterocycles. The molecule has 3 heteroatoms. The van der Waals surface area contributed by atoms with Gasteiger partial charge in [0.1, 0.15) is 11.6 Å². The first-order chi connectivity index (χ1) is 6.15. The summed E-state index contributed by atoms with van der Waals surface area (Å²) in [6, 6.07) is 2.71. The van der Waals surface area contributed by atoms with Crippen molar-refractivity contribution in [2.75, 3.05) is 13.6 Å². The first-order valence-electron chi connectivity index (χ1n) is 4.24. The lowest BCUT2D eigenvalue weighted by molar-refractivity contribution is 0.549. The van der Waals surface area contributed by atoms with E-state index in [9.17, 15) is 8.78 Å². The molecule has 0 amide bonds. The fourth-order valence-corrected chi connectivity index (χ4v) is 1.22. The SMILES string of the molecule is CNCCc1c(F)cc(C)cc1F. The van der Waals surface area contributed by atoms with Crippen LogP contribution in [0, 0.1) is 18.6 Å². The van der Waals surface area contributed by atoms with Crippen molar-refractivity contribution in [1.82, 2.24) is 5.32 Å².